The molecule has 0 saturated heterocycles. The number of hydrogen-bond acceptors (Lipinski definition) is 3. The molecule has 1 rings (SSSR count). The number of carbonyl (C=O) groups is 1. The second kappa shape index (κ2) is 5.82. The molecule has 13 heavy (non-hydrogen) atoms. The van der Waals surface area contributed by atoms with Crippen molar-refractivity contribution in [3.8, 4) is 0 Å². The first-order chi connectivity index (χ1) is 5.63. The van der Waals surface area contributed by atoms with Gasteiger partial charge in [0.15, 0.2) is 0 Å². The predicted molar refractivity (Wildman–Crippen MR) is 37.6 cm³/mol. The van der Waals surface area contributed by atoms with Crippen LogP contribution < -0.4 is 56.5 Å². The van der Waals surface area contributed by atoms with Crippen LogP contribution in [0.2, 0.25) is 0 Å². The standard InChI is InChI=1S/C8H8FNO2.K/c1-5(8(11)12)7-6(9)3-2-4-10-7;/h2-5H,1H3,(H,11,12);/q;+1/p-1. The Kier molecular flexibility index (Phi) is 5.90. The first-order valence-electron chi connectivity index (χ1n) is 3.44. The van der Waals surface area contributed by atoms with E-state index in [-0.39, 0.29) is 57.1 Å². The number of carboxylic acids is 1. The maximum absolute atomic E-state index is 12.8. The summed E-state index contributed by atoms with van der Waals surface area (Å²) in [6, 6.07) is 2.57. The SMILES string of the molecule is CC(C(=O)[O-])c1ncccc1F.[K+]. The van der Waals surface area contributed by atoms with Gasteiger partial charge in [0.2, 0.25) is 0 Å². The van der Waals surface area contributed by atoms with Crippen LogP contribution in [0.25, 0.3) is 0 Å². The zero-order chi connectivity index (χ0) is 9.14. The topological polar surface area (TPSA) is 53.0 Å². The molecular weight excluding hydrogens is 200 g/mol. The van der Waals surface area contributed by atoms with Crippen LogP contribution in [-0.2, 0) is 4.79 Å². The average molecular weight is 207 g/mol. The summed E-state index contributed by atoms with van der Waals surface area (Å²) in [6.07, 6.45) is 1.35. The molecule has 0 aromatic carbocycles. The second-order valence-electron chi connectivity index (χ2n) is 2.41. The largest absolute Gasteiger partial charge is 1.00 e. The predicted octanol–water partition coefficient (Wildman–Crippen LogP) is -2.92. The Morgan fingerprint density at radius 2 is 2.31 bits per heavy atom. The number of aromatic nitrogens is 1. The molecule has 1 atom stereocenters. The van der Waals surface area contributed by atoms with Gasteiger partial charge in [-0.25, -0.2) is 4.39 Å². The van der Waals surface area contributed by atoms with E-state index in [0.717, 1.165) is 0 Å². The number of pyridine rings is 1. The number of carbonyl (C=O) groups excluding carboxylic acids is 1. The first-order valence-corrected chi connectivity index (χ1v) is 3.44. The van der Waals surface area contributed by atoms with Gasteiger partial charge in [-0.15, -0.1) is 0 Å². The minimum absolute atomic E-state index is 0. The van der Waals surface area contributed by atoms with Gasteiger partial charge in [-0.1, -0.05) is 6.92 Å². The molecule has 1 heterocycles. The molecule has 1 aromatic heterocycles. The number of hydrogen-bond donors (Lipinski definition) is 0. The van der Waals surface area contributed by atoms with Crippen molar-refractivity contribution in [2.45, 2.75) is 12.8 Å². The van der Waals surface area contributed by atoms with E-state index in [1.54, 1.807) is 0 Å². The first kappa shape index (κ1) is 13.2. The number of halogens is 1. The van der Waals surface area contributed by atoms with Crippen molar-refractivity contribution >= 4 is 5.97 Å². The number of nitrogens with zero attached hydrogens (tertiary/aromatic N) is 1. The molecule has 64 valence electrons. The Morgan fingerprint density at radius 3 is 2.77 bits per heavy atom. The molecule has 0 amide bonds. The van der Waals surface area contributed by atoms with Crippen LogP contribution in [0.15, 0.2) is 18.3 Å². The normalized spacial score (nSPS) is 11.5. The van der Waals surface area contributed by atoms with E-state index in [2.05, 4.69) is 4.98 Å². The van der Waals surface area contributed by atoms with Crippen molar-refractivity contribution < 1.29 is 65.7 Å². The fourth-order valence-electron chi connectivity index (χ4n) is 0.828. The van der Waals surface area contributed by atoms with E-state index in [0.29, 0.717) is 0 Å². The maximum Gasteiger partial charge on any atom is 1.00 e. The van der Waals surface area contributed by atoms with E-state index < -0.39 is 17.7 Å². The molecule has 0 spiro atoms. The third kappa shape index (κ3) is 3.44. The Bertz CT molecular complexity index is 306. The summed E-state index contributed by atoms with van der Waals surface area (Å²) in [5.74, 6) is -2.95. The molecule has 0 bridgehead atoms. The summed E-state index contributed by atoms with van der Waals surface area (Å²) in [4.78, 5) is 13.9. The third-order valence-corrected chi connectivity index (χ3v) is 1.55. The summed E-state index contributed by atoms with van der Waals surface area (Å²) in [7, 11) is 0. The number of aliphatic carboxylic acids is 1. The van der Waals surface area contributed by atoms with Crippen LogP contribution in [0.5, 0.6) is 0 Å². The Labute approximate surface area is 118 Å². The van der Waals surface area contributed by atoms with Crippen LogP contribution in [0, 0.1) is 5.82 Å². The monoisotopic (exact) mass is 207 g/mol. The average Bonchev–Trinajstić information content (AvgIpc) is 2.04. The minimum Gasteiger partial charge on any atom is -0.549 e. The summed E-state index contributed by atoms with van der Waals surface area (Å²) in [5, 5.41) is 10.3. The van der Waals surface area contributed by atoms with Crippen molar-refractivity contribution in [3.63, 3.8) is 0 Å². The van der Waals surface area contributed by atoms with Gasteiger partial charge in [0.05, 0.1) is 11.7 Å². The third-order valence-electron chi connectivity index (χ3n) is 1.55. The Hall–Kier alpha value is 0.186. The van der Waals surface area contributed by atoms with Crippen molar-refractivity contribution in [2.75, 3.05) is 0 Å². The van der Waals surface area contributed by atoms with E-state index in [1.165, 1.54) is 25.3 Å². The molecule has 0 fully saturated rings. The molecule has 5 heteroatoms. The maximum atomic E-state index is 12.8. The molecule has 0 radical (unpaired) electrons. The summed E-state index contributed by atoms with van der Waals surface area (Å²) in [5.41, 5.74) is -0.0856. The molecule has 1 aromatic rings. The van der Waals surface area contributed by atoms with Crippen LogP contribution in [-0.4, -0.2) is 11.0 Å². The summed E-state index contributed by atoms with van der Waals surface area (Å²) < 4.78 is 12.8. The number of rotatable bonds is 2. The Balaban J connectivity index is 0.00000144. The van der Waals surface area contributed by atoms with Gasteiger partial charge in [0.25, 0.3) is 0 Å². The van der Waals surface area contributed by atoms with Crippen molar-refractivity contribution in [2.24, 2.45) is 0 Å². The summed E-state index contributed by atoms with van der Waals surface area (Å²) >= 11 is 0. The zero-order valence-corrected chi connectivity index (χ0v) is 10.6. The molecule has 0 N–H and O–H groups in total. The van der Waals surface area contributed by atoms with Gasteiger partial charge in [-0.2, -0.15) is 0 Å². The fraction of sp³-hybridized carbons (Fsp3) is 0.250. The van der Waals surface area contributed by atoms with Gasteiger partial charge in [-0.3, -0.25) is 4.98 Å². The van der Waals surface area contributed by atoms with Crippen LogP contribution >= 0.6 is 0 Å². The molecule has 0 aliphatic rings. The molecular formula is C8H7FKNO2. The van der Waals surface area contributed by atoms with Gasteiger partial charge in [-0.05, 0) is 12.1 Å². The molecule has 0 saturated carbocycles. The van der Waals surface area contributed by atoms with E-state index in [4.69, 9.17) is 0 Å². The van der Waals surface area contributed by atoms with Crippen LogP contribution in [0.3, 0.4) is 0 Å². The Morgan fingerprint density at radius 1 is 1.69 bits per heavy atom. The molecule has 1 unspecified atom stereocenters. The van der Waals surface area contributed by atoms with Gasteiger partial charge in [0.1, 0.15) is 5.82 Å². The molecule has 0 aliphatic heterocycles. The van der Waals surface area contributed by atoms with Crippen molar-refractivity contribution in [1.82, 2.24) is 4.98 Å². The van der Waals surface area contributed by atoms with Gasteiger partial charge >= 0.3 is 51.4 Å². The van der Waals surface area contributed by atoms with Crippen LogP contribution in [0.1, 0.15) is 18.5 Å². The quantitative estimate of drug-likeness (QED) is 0.488. The fourth-order valence-corrected chi connectivity index (χ4v) is 0.828. The summed E-state index contributed by atoms with van der Waals surface area (Å²) in [6.45, 7) is 1.33. The second-order valence-corrected chi connectivity index (χ2v) is 2.41. The van der Waals surface area contributed by atoms with Crippen molar-refractivity contribution in [3.05, 3.63) is 29.8 Å². The minimum atomic E-state index is -1.33. The smallest absolute Gasteiger partial charge is 0.549 e. The van der Waals surface area contributed by atoms with Crippen molar-refractivity contribution in [1.29, 1.82) is 0 Å². The van der Waals surface area contributed by atoms with E-state index in [1.807, 2.05) is 0 Å². The molecule has 0 aliphatic carbocycles. The molecule has 3 nitrogen and oxygen atoms in total. The van der Waals surface area contributed by atoms with Gasteiger partial charge < -0.3 is 9.90 Å². The van der Waals surface area contributed by atoms with Gasteiger partial charge in [0, 0.05) is 12.1 Å². The van der Waals surface area contributed by atoms with E-state index in [9.17, 15) is 14.3 Å². The zero-order valence-electron chi connectivity index (χ0n) is 7.45. The van der Waals surface area contributed by atoms with E-state index >= 15 is 0 Å². The number of carboxylic acid groups (broad SMARTS) is 1. The van der Waals surface area contributed by atoms with Crippen LogP contribution in [0.4, 0.5) is 4.39 Å².